The van der Waals surface area contributed by atoms with Crippen LogP contribution in [0.3, 0.4) is 0 Å². The van der Waals surface area contributed by atoms with Crippen LogP contribution >= 0.6 is 0 Å². The number of rotatable bonds is 3. The van der Waals surface area contributed by atoms with Gasteiger partial charge in [-0.15, -0.1) is 0 Å². The fourth-order valence-electron chi connectivity index (χ4n) is 3.78. The number of aryl methyl sites for hydroxylation is 1. The lowest BCUT2D eigenvalue weighted by Crippen LogP contribution is -2.40. The molecule has 0 radical (unpaired) electrons. The van der Waals surface area contributed by atoms with Crippen molar-refractivity contribution in [2.75, 3.05) is 5.32 Å². The summed E-state index contributed by atoms with van der Waals surface area (Å²) in [6.07, 6.45) is 2.82. The number of carbonyl (C=O) groups is 2. The molecule has 1 heterocycles. The summed E-state index contributed by atoms with van der Waals surface area (Å²) in [7, 11) is 0. The van der Waals surface area contributed by atoms with Crippen LogP contribution in [0.4, 0.5) is 5.69 Å². The van der Waals surface area contributed by atoms with E-state index in [9.17, 15) is 9.59 Å². The van der Waals surface area contributed by atoms with E-state index < -0.39 is 0 Å². The van der Waals surface area contributed by atoms with Gasteiger partial charge >= 0.3 is 0 Å². The number of hydrogen-bond donors (Lipinski definition) is 2. The zero-order valence-electron chi connectivity index (χ0n) is 17.0. The highest BCUT2D eigenvalue weighted by molar-refractivity contribution is 6.13. The van der Waals surface area contributed by atoms with Gasteiger partial charge in [-0.1, -0.05) is 18.2 Å². The molecule has 2 N–H and O–H groups in total. The maximum atomic E-state index is 13.2. The number of nitrogens with zero attached hydrogens (tertiary/aromatic N) is 1. The van der Waals surface area contributed by atoms with Gasteiger partial charge in [-0.2, -0.15) is 0 Å². The van der Waals surface area contributed by atoms with Crippen molar-refractivity contribution in [3.8, 4) is 0 Å². The molecule has 29 heavy (non-hydrogen) atoms. The summed E-state index contributed by atoms with van der Waals surface area (Å²) in [5.41, 5.74) is 4.59. The van der Waals surface area contributed by atoms with Crippen LogP contribution < -0.4 is 10.6 Å². The quantitative estimate of drug-likeness (QED) is 0.695. The van der Waals surface area contributed by atoms with E-state index in [0.29, 0.717) is 11.3 Å². The average molecular weight is 387 g/mol. The third-order valence-corrected chi connectivity index (χ3v) is 5.04. The van der Waals surface area contributed by atoms with Crippen molar-refractivity contribution in [2.45, 2.75) is 45.6 Å². The van der Waals surface area contributed by atoms with E-state index in [0.717, 1.165) is 47.0 Å². The van der Waals surface area contributed by atoms with Gasteiger partial charge in [0.2, 0.25) is 0 Å². The van der Waals surface area contributed by atoms with Crippen LogP contribution in [-0.4, -0.2) is 22.3 Å². The van der Waals surface area contributed by atoms with Crippen LogP contribution in [0.15, 0.2) is 48.5 Å². The smallest absolute Gasteiger partial charge is 0.256 e. The Balaban J connectivity index is 1.60. The molecule has 0 fully saturated rings. The number of anilines is 1. The monoisotopic (exact) mass is 387 g/mol. The average Bonchev–Trinajstić information content (AvgIpc) is 3.13. The van der Waals surface area contributed by atoms with Crippen LogP contribution in [0.25, 0.3) is 10.9 Å². The molecular formula is C24H25N3O2. The first-order chi connectivity index (χ1) is 13.8. The molecule has 0 unspecified atom stereocenters. The highest BCUT2D eigenvalue weighted by Gasteiger charge is 2.24. The Bertz CT molecular complexity index is 1100. The van der Waals surface area contributed by atoms with Gasteiger partial charge in [0.05, 0.1) is 11.1 Å². The van der Waals surface area contributed by atoms with E-state index >= 15 is 0 Å². The Hall–Kier alpha value is -3.21. The van der Waals surface area contributed by atoms with Crippen molar-refractivity contribution in [1.82, 2.24) is 10.3 Å². The van der Waals surface area contributed by atoms with Gasteiger partial charge in [0.1, 0.15) is 0 Å². The third-order valence-electron chi connectivity index (χ3n) is 5.04. The first-order valence-electron chi connectivity index (χ1n) is 9.96. The first-order valence-corrected chi connectivity index (χ1v) is 9.96. The van der Waals surface area contributed by atoms with Crippen LogP contribution in [-0.2, 0) is 12.8 Å². The van der Waals surface area contributed by atoms with E-state index in [-0.39, 0.29) is 17.4 Å². The van der Waals surface area contributed by atoms with E-state index in [1.165, 1.54) is 0 Å². The third kappa shape index (κ3) is 3.99. The number of amides is 2. The number of benzene rings is 2. The largest absolute Gasteiger partial charge is 0.347 e. The lowest BCUT2D eigenvalue weighted by molar-refractivity contribution is 0.0919. The number of hydrogen-bond acceptors (Lipinski definition) is 3. The van der Waals surface area contributed by atoms with Gasteiger partial charge in [-0.25, -0.2) is 0 Å². The Morgan fingerprint density at radius 3 is 2.38 bits per heavy atom. The Morgan fingerprint density at radius 2 is 1.66 bits per heavy atom. The highest BCUT2D eigenvalue weighted by atomic mass is 16.2. The normalized spacial score (nSPS) is 13.2. The zero-order valence-corrected chi connectivity index (χ0v) is 17.0. The number of aromatic nitrogens is 1. The minimum absolute atomic E-state index is 0.131. The van der Waals surface area contributed by atoms with Crippen molar-refractivity contribution in [3.63, 3.8) is 0 Å². The van der Waals surface area contributed by atoms with Crippen LogP contribution in [0.1, 0.15) is 59.2 Å². The van der Waals surface area contributed by atoms with E-state index in [1.54, 1.807) is 24.3 Å². The molecule has 148 valence electrons. The maximum absolute atomic E-state index is 13.2. The Morgan fingerprint density at radius 1 is 0.931 bits per heavy atom. The second-order valence-corrected chi connectivity index (χ2v) is 8.52. The minimum Gasteiger partial charge on any atom is -0.347 e. The molecule has 0 bridgehead atoms. The van der Waals surface area contributed by atoms with Crippen molar-refractivity contribution in [2.24, 2.45) is 0 Å². The van der Waals surface area contributed by atoms with Gasteiger partial charge in [0, 0.05) is 27.9 Å². The molecular weight excluding hydrogens is 362 g/mol. The number of para-hydroxylation sites is 1. The van der Waals surface area contributed by atoms with Crippen molar-refractivity contribution in [1.29, 1.82) is 0 Å². The molecule has 0 saturated heterocycles. The fraction of sp³-hybridized carbons (Fsp3) is 0.292. The molecule has 0 atom stereocenters. The van der Waals surface area contributed by atoms with Crippen molar-refractivity contribution in [3.05, 3.63) is 70.9 Å². The Labute approximate surface area is 170 Å². The summed E-state index contributed by atoms with van der Waals surface area (Å²) in [4.78, 5) is 30.2. The zero-order chi connectivity index (χ0) is 20.6. The van der Waals surface area contributed by atoms with Crippen molar-refractivity contribution >= 4 is 28.4 Å². The summed E-state index contributed by atoms with van der Waals surface area (Å²) < 4.78 is 0. The van der Waals surface area contributed by atoms with Gasteiger partial charge in [-0.3, -0.25) is 14.6 Å². The van der Waals surface area contributed by atoms with E-state index in [2.05, 4.69) is 10.6 Å². The molecule has 1 aliphatic rings. The summed E-state index contributed by atoms with van der Waals surface area (Å²) >= 11 is 0. The number of fused-ring (bicyclic) bond motifs is 2. The lowest BCUT2D eigenvalue weighted by atomic mass is 10.0. The molecule has 0 spiro atoms. The van der Waals surface area contributed by atoms with E-state index in [4.69, 9.17) is 4.98 Å². The SMILES string of the molecule is CC(C)(C)NC(=O)c1ccc(NC(=O)c2c3c(nc4ccccc24)CCC3)cc1. The predicted octanol–water partition coefficient (Wildman–Crippen LogP) is 4.50. The second-order valence-electron chi connectivity index (χ2n) is 8.52. The minimum atomic E-state index is -0.299. The summed E-state index contributed by atoms with van der Waals surface area (Å²) in [6.45, 7) is 5.82. The lowest BCUT2D eigenvalue weighted by Gasteiger charge is -2.20. The molecule has 3 aromatic rings. The van der Waals surface area contributed by atoms with Gasteiger partial charge in [0.25, 0.3) is 11.8 Å². The van der Waals surface area contributed by atoms with Crippen LogP contribution in [0, 0.1) is 0 Å². The predicted molar refractivity (Wildman–Crippen MR) is 115 cm³/mol. The summed E-state index contributed by atoms with van der Waals surface area (Å²) in [5.74, 6) is -0.262. The second kappa shape index (κ2) is 7.32. The molecule has 5 heteroatoms. The summed E-state index contributed by atoms with van der Waals surface area (Å²) in [6, 6.07) is 14.8. The Kier molecular flexibility index (Phi) is 4.82. The van der Waals surface area contributed by atoms with E-state index in [1.807, 2.05) is 45.0 Å². The maximum Gasteiger partial charge on any atom is 0.256 e. The molecule has 1 aromatic heterocycles. The molecule has 0 saturated carbocycles. The number of carbonyl (C=O) groups excluding carboxylic acids is 2. The number of pyridine rings is 1. The van der Waals surface area contributed by atoms with Crippen molar-refractivity contribution < 1.29 is 9.59 Å². The topological polar surface area (TPSA) is 71.1 Å². The first kappa shape index (κ1) is 19.1. The van der Waals surface area contributed by atoms with Gasteiger partial charge in [0.15, 0.2) is 0 Å². The van der Waals surface area contributed by atoms with Gasteiger partial charge in [-0.05, 0) is 75.9 Å². The standard InChI is InChI=1S/C24H25N3O2/c1-24(2,3)27-22(28)15-11-13-16(14-12-15)25-23(29)21-17-7-4-5-9-19(17)26-20-10-6-8-18(20)21/h4-5,7,9,11-14H,6,8,10H2,1-3H3,(H,25,29)(H,27,28). The van der Waals surface area contributed by atoms with Crippen LogP contribution in [0.2, 0.25) is 0 Å². The molecule has 2 amide bonds. The number of nitrogens with one attached hydrogen (secondary N) is 2. The van der Waals surface area contributed by atoms with Crippen LogP contribution in [0.5, 0.6) is 0 Å². The van der Waals surface area contributed by atoms with Gasteiger partial charge < -0.3 is 10.6 Å². The summed E-state index contributed by atoms with van der Waals surface area (Å²) in [5, 5.41) is 6.81. The molecule has 1 aliphatic carbocycles. The highest BCUT2D eigenvalue weighted by Crippen LogP contribution is 2.30. The molecule has 0 aliphatic heterocycles. The fourth-order valence-corrected chi connectivity index (χ4v) is 3.78. The molecule has 4 rings (SSSR count). The molecule has 2 aromatic carbocycles. The molecule has 5 nitrogen and oxygen atoms in total.